The van der Waals surface area contributed by atoms with E-state index >= 15 is 0 Å². The van der Waals surface area contributed by atoms with Gasteiger partial charge in [0, 0.05) is 23.4 Å². The molecule has 0 radical (unpaired) electrons. The quantitative estimate of drug-likeness (QED) is 0.551. The molecule has 0 spiro atoms. The fourth-order valence-corrected chi connectivity index (χ4v) is 3.51. The van der Waals surface area contributed by atoms with Crippen LogP contribution in [0, 0.1) is 0 Å². The lowest BCUT2D eigenvalue weighted by Crippen LogP contribution is -2.25. The topological polar surface area (TPSA) is 119 Å². The number of sulfonamides is 1. The Hall–Kier alpha value is -3.20. The first-order valence-electron chi connectivity index (χ1n) is 8.88. The van der Waals surface area contributed by atoms with E-state index < -0.39 is 27.9 Å². The number of ketones is 1. The van der Waals surface area contributed by atoms with Gasteiger partial charge in [-0.15, -0.1) is 0 Å². The van der Waals surface area contributed by atoms with E-state index in [1.807, 2.05) is 0 Å². The summed E-state index contributed by atoms with van der Waals surface area (Å²) in [6.45, 7) is 1.47. The monoisotopic (exact) mass is 416 g/mol. The van der Waals surface area contributed by atoms with Crippen LogP contribution in [0.2, 0.25) is 0 Å². The minimum absolute atomic E-state index is 0.0650. The van der Waals surface area contributed by atoms with Gasteiger partial charge in [-0.2, -0.15) is 0 Å². The first-order valence-corrected chi connectivity index (χ1v) is 10.8. The number of esters is 1. The predicted molar refractivity (Wildman–Crippen MR) is 108 cm³/mol. The van der Waals surface area contributed by atoms with E-state index in [1.165, 1.54) is 37.3 Å². The van der Waals surface area contributed by atoms with Gasteiger partial charge in [-0.05, 0) is 61.4 Å². The minimum atomic E-state index is -3.41. The average molecular weight is 416 g/mol. The number of benzene rings is 2. The number of hydrogen-bond donors (Lipinski definition) is 2. The third kappa shape index (κ3) is 5.20. The molecule has 1 amide bonds. The molecule has 1 heterocycles. The largest absolute Gasteiger partial charge is 0.451 e. The van der Waals surface area contributed by atoms with Gasteiger partial charge in [0.05, 0.1) is 11.8 Å². The number of nitrogens with one attached hydrogen (secondary N) is 2. The predicted octanol–water partition coefficient (Wildman–Crippen LogP) is 2.37. The van der Waals surface area contributed by atoms with Crippen molar-refractivity contribution in [2.45, 2.75) is 25.9 Å². The summed E-state index contributed by atoms with van der Waals surface area (Å²) in [6, 6.07) is 10.7. The lowest BCUT2D eigenvalue weighted by Gasteiger charge is -2.18. The number of amides is 1. The van der Waals surface area contributed by atoms with Crippen molar-refractivity contribution in [3.05, 3.63) is 59.2 Å². The molecular weight excluding hydrogens is 396 g/mol. The zero-order valence-corrected chi connectivity index (χ0v) is 16.7. The van der Waals surface area contributed by atoms with Crippen molar-refractivity contribution in [1.29, 1.82) is 0 Å². The van der Waals surface area contributed by atoms with E-state index in [4.69, 9.17) is 4.74 Å². The summed E-state index contributed by atoms with van der Waals surface area (Å²) in [5.41, 5.74) is 2.43. The Balaban J connectivity index is 1.66. The van der Waals surface area contributed by atoms with Crippen LogP contribution in [0.1, 0.15) is 39.6 Å². The highest BCUT2D eigenvalue weighted by Gasteiger charge is 2.22. The Morgan fingerprint density at radius 3 is 2.38 bits per heavy atom. The number of hydrogen-bond acceptors (Lipinski definition) is 6. The summed E-state index contributed by atoms with van der Waals surface area (Å²) in [5, 5.41) is 2.74. The van der Waals surface area contributed by atoms with Crippen LogP contribution in [0.25, 0.3) is 0 Å². The summed E-state index contributed by atoms with van der Waals surface area (Å²) in [4.78, 5) is 36.3. The lowest BCUT2D eigenvalue weighted by atomic mass is 10.0. The maximum absolute atomic E-state index is 12.5. The molecule has 0 aromatic heterocycles. The first kappa shape index (κ1) is 20.5. The van der Waals surface area contributed by atoms with Gasteiger partial charge in [-0.25, -0.2) is 13.2 Å². The highest BCUT2D eigenvalue weighted by Crippen LogP contribution is 2.24. The Labute approximate surface area is 168 Å². The van der Waals surface area contributed by atoms with Crippen LogP contribution in [-0.2, 0) is 26.0 Å². The Bertz CT molecular complexity index is 1080. The molecular formula is C20H20N2O6S. The smallest absolute Gasteiger partial charge is 0.338 e. The van der Waals surface area contributed by atoms with Gasteiger partial charge in [0.2, 0.25) is 21.7 Å². The third-order valence-electron chi connectivity index (χ3n) is 4.36. The van der Waals surface area contributed by atoms with E-state index in [-0.39, 0.29) is 11.5 Å². The van der Waals surface area contributed by atoms with Crippen molar-refractivity contribution in [3.8, 4) is 0 Å². The fraction of sp³-hybridized carbons (Fsp3) is 0.250. The SMILES string of the molecule is CC(OC(=O)c1ccc2c(c1)CCC(=O)N2)C(=O)c1ccc(NS(C)(=O)=O)cc1. The zero-order chi connectivity index (χ0) is 21.2. The van der Waals surface area contributed by atoms with E-state index in [2.05, 4.69) is 10.0 Å². The van der Waals surface area contributed by atoms with Crippen LogP contribution < -0.4 is 10.0 Å². The summed E-state index contributed by atoms with van der Waals surface area (Å²) >= 11 is 0. The van der Waals surface area contributed by atoms with E-state index in [0.717, 1.165) is 11.8 Å². The molecule has 0 saturated carbocycles. The highest BCUT2D eigenvalue weighted by atomic mass is 32.2. The van der Waals surface area contributed by atoms with Gasteiger partial charge < -0.3 is 10.1 Å². The second-order valence-corrected chi connectivity index (χ2v) is 8.53. The second-order valence-electron chi connectivity index (χ2n) is 6.78. The molecule has 2 aromatic rings. The first-order chi connectivity index (χ1) is 13.6. The molecule has 3 rings (SSSR count). The molecule has 8 nitrogen and oxygen atoms in total. The molecule has 0 aliphatic carbocycles. The Morgan fingerprint density at radius 2 is 1.72 bits per heavy atom. The number of aryl methyl sites for hydroxylation is 1. The maximum atomic E-state index is 12.5. The number of carbonyl (C=O) groups is 3. The molecule has 1 unspecified atom stereocenters. The molecule has 0 fully saturated rings. The lowest BCUT2D eigenvalue weighted by molar-refractivity contribution is -0.116. The summed E-state index contributed by atoms with van der Waals surface area (Å²) in [5.74, 6) is -1.11. The summed E-state index contributed by atoms with van der Waals surface area (Å²) in [7, 11) is -3.41. The van der Waals surface area contributed by atoms with Crippen LogP contribution >= 0.6 is 0 Å². The summed E-state index contributed by atoms with van der Waals surface area (Å²) < 4.78 is 30.1. The van der Waals surface area contributed by atoms with Gasteiger partial charge in [0.1, 0.15) is 0 Å². The van der Waals surface area contributed by atoms with E-state index in [0.29, 0.717) is 29.8 Å². The van der Waals surface area contributed by atoms with Crippen LogP contribution in [0.4, 0.5) is 11.4 Å². The van der Waals surface area contributed by atoms with Crippen LogP contribution in [0.3, 0.4) is 0 Å². The van der Waals surface area contributed by atoms with Crippen molar-refractivity contribution in [2.24, 2.45) is 0 Å². The standard InChI is InChI=1S/C20H20N2O6S/c1-12(19(24)13-3-7-16(8-4-13)22-29(2,26)27)28-20(25)15-5-9-17-14(11-15)6-10-18(23)21-17/h3-5,7-9,11-12,22H,6,10H2,1-2H3,(H,21,23). The van der Waals surface area contributed by atoms with Gasteiger partial charge in [-0.3, -0.25) is 14.3 Å². The fourth-order valence-electron chi connectivity index (χ4n) is 2.94. The average Bonchev–Trinajstić information content (AvgIpc) is 2.66. The van der Waals surface area contributed by atoms with Crippen molar-refractivity contribution >= 4 is 39.1 Å². The van der Waals surface area contributed by atoms with E-state index in [1.54, 1.807) is 12.1 Å². The third-order valence-corrected chi connectivity index (χ3v) is 4.97. The van der Waals surface area contributed by atoms with Gasteiger partial charge in [0.25, 0.3) is 0 Å². The zero-order valence-electron chi connectivity index (χ0n) is 15.9. The number of rotatable bonds is 6. The van der Waals surface area contributed by atoms with Crippen molar-refractivity contribution in [1.82, 2.24) is 0 Å². The molecule has 0 bridgehead atoms. The number of fused-ring (bicyclic) bond motifs is 1. The normalized spacial score (nSPS) is 14.3. The van der Waals surface area contributed by atoms with Crippen LogP contribution in [-0.4, -0.2) is 38.4 Å². The van der Waals surface area contributed by atoms with Crippen molar-refractivity contribution in [2.75, 3.05) is 16.3 Å². The van der Waals surface area contributed by atoms with Gasteiger partial charge >= 0.3 is 5.97 Å². The molecule has 1 atom stereocenters. The molecule has 1 aliphatic rings. The molecule has 152 valence electrons. The molecule has 9 heteroatoms. The number of anilines is 2. The maximum Gasteiger partial charge on any atom is 0.338 e. The van der Waals surface area contributed by atoms with E-state index in [9.17, 15) is 22.8 Å². The molecule has 2 N–H and O–H groups in total. The van der Waals surface area contributed by atoms with Gasteiger partial charge in [-0.1, -0.05) is 0 Å². The number of Topliss-reactive ketones (excluding diaryl/α,β-unsaturated/α-hetero) is 1. The van der Waals surface area contributed by atoms with Crippen molar-refractivity contribution in [3.63, 3.8) is 0 Å². The number of ether oxygens (including phenoxy) is 1. The minimum Gasteiger partial charge on any atom is -0.451 e. The molecule has 0 saturated heterocycles. The second kappa shape index (κ2) is 8.04. The van der Waals surface area contributed by atoms with Crippen LogP contribution in [0.15, 0.2) is 42.5 Å². The molecule has 29 heavy (non-hydrogen) atoms. The van der Waals surface area contributed by atoms with Gasteiger partial charge in [0.15, 0.2) is 6.10 Å². The Kier molecular flexibility index (Phi) is 5.69. The van der Waals surface area contributed by atoms with Crippen LogP contribution in [0.5, 0.6) is 0 Å². The molecule has 2 aromatic carbocycles. The Morgan fingerprint density at radius 1 is 1.07 bits per heavy atom. The highest BCUT2D eigenvalue weighted by molar-refractivity contribution is 7.92. The van der Waals surface area contributed by atoms with Crippen molar-refractivity contribution < 1.29 is 27.5 Å². The molecule has 1 aliphatic heterocycles. The number of carbonyl (C=O) groups excluding carboxylic acids is 3. The summed E-state index contributed by atoms with van der Waals surface area (Å²) in [6.07, 6.45) is 0.893.